The van der Waals surface area contributed by atoms with Gasteiger partial charge in [0.05, 0.1) is 30.8 Å². The van der Waals surface area contributed by atoms with Gasteiger partial charge in [0.2, 0.25) is 0 Å². The molecule has 2 aliphatic carbocycles. The van der Waals surface area contributed by atoms with Gasteiger partial charge in [-0.05, 0) is 117 Å². The second-order valence-corrected chi connectivity index (χ2v) is 18.4. The molecule has 8 atom stereocenters. The number of carbonyl (C=O) groups is 1. The minimum absolute atomic E-state index is 0.124. The summed E-state index contributed by atoms with van der Waals surface area (Å²) < 4.78 is 29.0. The third-order valence-electron chi connectivity index (χ3n) is 13.4. The van der Waals surface area contributed by atoms with Gasteiger partial charge in [0.25, 0.3) is 5.91 Å². The molecule has 6 aliphatic rings. The van der Waals surface area contributed by atoms with Crippen LogP contribution in [0.15, 0.2) is 36.4 Å². The maximum absolute atomic E-state index is 13.6. The highest BCUT2D eigenvalue weighted by Crippen LogP contribution is 2.48. The number of carbonyl (C=O) groups excluding carboxylic acids is 1. The molecule has 2 aromatic rings. The van der Waals surface area contributed by atoms with E-state index in [1.54, 1.807) is 0 Å². The Labute approximate surface area is 306 Å². The van der Waals surface area contributed by atoms with Gasteiger partial charge in [0.1, 0.15) is 16.7 Å². The van der Waals surface area contributed by atoms with E-state index in [4.69, 9.17) is 21.1 Å². The molecule has 0 aromatic heterocycles. The topological polar surface area (TPSA) is 74.3 Å². The van der Waals surface area contributed by atoms with Crippen molar-refractivity contribution in [2.24, 2.45) is 23.7 Å². The van der Waals surface area contributed by atoms with Gasteiger partial charge >= 0.3 is 0 Å². The summed E-state index contributed by atoms with van der Waals surface area (Å²) >= 11 is 6.51. The summed E-state index contributed by atoms with van der Waals surface area (Å²) in [6, 6.07) is 12.8. The Kier molecular flexibility index (Phi) is 10.3. The molecule has 1 N–H and O–H groups in total. The molecule has 2 aromatic carbocycles. The smallest absolute Gasteiger partial charge is 0.263 e. The summed E-state index contributed by atoms with van der Waals surface area (Å²) in [5, 5.41) is 0.669. The van der Waals surface area contributed by atoms with Crippen molar-refractivity contribution in [3.63, 3.8) is 0 Å². The fourth-order valence-electron chi connectivity index (χ4n) is 10.1. The molecule has 1 saturated carbocycles. The molecule has 2 bridgehead atoms. The predicted molar refractivity (Wildman–Crippen MR) is 201 cm³/mol. The number of halogens is 1. The molecule has 50 heavy (non-hydrogen) atoms. The van der Waals surface area contributed by atoms with Gasteiger partial charge in [0, 0.05) is 67.9 Å². The van der Waals surface area contributed by atoms with Crippen LogP contribution in [0.5, 0.6) is 5.75 Å². The summed E-state index contributed by atoms with van der Waals surface area (Å²) in [5.74, 6) is 2.70. The van der Waals surface area contributed by atoms with Crippen molar-refractivity contribution in [3.05, 3.63) is 58.1 Å². The van der Waals surface area contributed by atoms with Gasteiger partial charge < -0.3 is 19.3 Å². The Hall–Kier alpha value is -2.17. The van der Waals surface area contributed by atoms with E-state index >= 15 is 0 Å². The largest absolute Gasteiger partial charge is 0.490 e. The normalized spacial score (nSPS) is 35.5. The molecule has 10 heteroatoms. The van der Waals surface area contributed by atoms with Crippen molar-refractivity contribution in [2.75, 3.05) is 70.5 Å². The fraction of sp³-hybridized carbons (Fsp3) is 0.675. The minimum Gasteiger partial charge on any atom is -0.490 e. The quantitative estimate of drug-likeness (QED) is 0.404. The number of morpholine rings is 1. The summed E-state index contributed by atoms with van der Waals surface area (Å²) in [6.45, 7) is 13.9. The Morgan fingerprint density at radius 2 is 1.92 bits per heavy atom. The van der Waals surface area contributed by atoms with Crippen LogP contribution in [0.2, 0.25) is 5.02 Å². The highest BCUT2D eigenvalue weighted by atomic mass is 35.5. The number of rotatable bonds is 2. The van der Waals surface area contributed by atoms with E-state index in [0.717, 1.165) is 108 Å². The molecule has 8 rings (SSSR count). The van der Waals surface area contributed by atoms with Gasteiger partial charge in [-0.15, -0.1) is 0 Å². The van der Waals surface area contributed by atoms with Crippen LogP contribution in [-0.4, -0.2) is 96.8 Å². The van der Waals surface area contributed by atoms with E-state index in [0.29, 0.717) is 36.0 Å². The van der Waals surface area contributed by atoms with Crippen molar-refractivity contribution >= 4 is 34.2 Å². The standard InChI is InChI=1S/C40H55ClN4O4S/c1-27-5-3-6-31(21-43-15-16-44-17-18-48-24-34(44)23-43)35-11-8-32(35)22-45-25-40(14-4-7-29-19-33(41)10-12-36(29)40)26-49-38-13-9-30(20-37(38)45)39(46)42-50(47)28(27)2/h9-10,12-13,19-20,27-28,31-32,34-35H,3-8,11,14-18,21-26H2,1-2H3,(H,42,46)/t27?,28?,31?,32?,34?,35?,40-,50?/m0/s1. The Morgan fingerprint density at radius 3 is 2.78 bits per heavy atom. The zero-order chi connectivity index (χ0) is 34.4. The van der Waals surface area contributed by atoms with Crippen LogP contribution in [0.1, 0.15) is 80.3 Å². The SMILES string of the molecule is CC1CCCC(CN2CCN3CCOCC3C2)C2CCC2CN2C[C@@]3(CCCc4cc(Cl)ccc43)COc3ccc(cc32)C(=O)NS(=O)C1C. The van der Waals surface area contributed by atoms with Crippen LogP contribution in [0.3, 0.4) is 0 Å². The first kappa shape index (κ1) is 34.9. The number of nitrogens with one attached hydrogen (secondary N) is 1. The minimum atomic E-state index is -1.47. The molecule has 0 radical (unpaired) electrons. The van der Waals surface area contributed by atoms with Crippen molar-refractivity contribution in [2.45, 2.75) is 81.9 Å². The van der Waals surface area contributed by atoms with Gasteiger partial charge in [-0.25, -0.2) is 4.21 Å². The zero-order valence-corrected chi connectivity index (χ0v) is 31.5. The molecule has 4 aliphatic heterocycles. The Balaban J connectivity index is 1.12. The molecule has 3 fully saturated rings. The molecular formula is C40H55ClN4O4S. The van der Waals surface area contributed by atoms with E-state index < -0.39 is 11.0 Å². The zero-order valence-electron chi connectivity index (χ0n) is 29.9. The van der Waals surface area contributed by atoms with Crippen LogP contribution in [0.25, 0.3) is 0 Å². The molecule has 7 unspecified atom stereocenters. The molecular weight excluding hydrogens is 668 g/mol. The lowest BCUT2D eigenvalue weighted by Gasteiger charge is -2.49. The van der Waals surface area contributed by atoms with Crippen LogP contribution in [-0.2, 0) is 27.6 Å². The molecule has 8 nitrogen and oxygen atoms in total. The highest BCUT2D eigenvalue weighted by molar-refractivity contribution is 7.84. The van der Waals surface area contributed by atoms with Crippen molar-refractivity contribution in [1.82, 2.24) is 14.5 Å². The second kappa shape index (κ2) is 14.7. The number of amides is 1. The second-order valence-electron chi connectivity index (χ2n) is 16.4. The summed E-state index contributed by atoms with van der Waals surface area (Å²) in [6.07, 6.45) is 9.06. The van der Waals surface area contributed by atoms with Crippen LogP contribution in [0, 0.1) is 23.7 Å². The van der Waals surface area contributed by atoms with Crippen molar-refractivity contribution < 1.29 is 18.5 Å². The molecule has 2 saturated heterocycles. The third-order valence-corrected chi connectivity index (χ3v) is 15.2. The van der Waals surface area contributed by atoms with Gasteiger partial charge in [-0.1, -0.05) is 31.0 Å². The van der Waals surface area contributed by atoms with Gasteiger partial charge in [-0.3, -0.25) is 14.4 Å². The van der Waals surface area contributed by atoms with E-state index in [1.165, 1.54) is 30.4 Å². The molecule has 272 valence electrons. The summed E-state index contributed by atoms with van der Waals surface area (Å²) in [7, 11) is -1.47. The van der Waals surface area contributed by atoms with E-state index in [2.05, 4.69) is 38.5 Å². The first-order valence-electron chi connectivity index (χ1n) is 19.3. The number of hydrogen-bond acceptors (Lipinski definition) is 7. The Bertz CT molecular complexity index is 1590. The number of hydrogen-bond donors (Lipinski definition) is 1. The number of ether oxygens (including phenoxy) is 2. The lowest BCUT2D eigenvalue weighted by molar-refractivity contribution is -0.0519. The first-order valence-corrected chi connectivity index (χ1v) is 20.9. The average molecular weight is 723 g/mol. The predicted octanol–water partition coefficient (Wildman–Crippen LogP) is 6.07. The van der Waals surface area contributed by atoms with E-state index in [9.17, 15) is 9.00 Å². The first-order chi connectivity index (χ1) is 24.3. The molecule has 1 amide bonds. The summed E-state index contributed by atoms with van der Waals surface area (Å²) in [4.78, 5) is 21.5. The highest BCUT2D eigenvalue weighted by Gasteiger charge is 2.45. The van der Waals surface area contributed by atoms with Crippen LogP contribution in [0.4, 0.5) is 5.69 Å². The van der Waals surface area contributed by atoms with Gasteiger partial charge in [0.15, 0.2) is 0 Å². The average Bonchev–Trinajstić information content (AvgIpc) is 3.25. The third kappa shape index (κ3) is 6.99. The van der Waals surface area contributed by atoms with Crippen LogP contribution >= 0.6 is 11.6 Å². The van der Waals surface area contributed by atoms with Crippen molar-refractivity contribution in [1.29, 1.82) is 0 Å². The molecule has 4 heterocycles. The summed E-state index contributed by atoms with van der Waals surface area (Å²) in [5.41, 5.74) is 4.07. The number of nitrogens with zero attached hydrogens (tertiary/aromatic N) is 3. The fourth-order valence-corrected chi connectivity index (χ4v) is 11.4. The number of aryl methyl sites for hydroxylation is 1. The Morgan fingerprint density at radius 1 is 1.02 bits per heavy atom. The maximum atomic E-state index is 13.6. The van der Waals surface area contributed by atoms with Gasteiger partial charge in [-0.2, -0.15) is 0 Å². The number of anilines is 1. The number of fused-ring (bicyclic) bond motifs is 5. The molecule has 1 spiro atoms. The number of piperazine rings is 1. The lowest BCUT2D eigenvalue weighted by atomic mass is 9.65. The lowest BCUT2D eigenvalue weighted by Crippen LogP contribution is -2.59. The monoisotopic (exact) mass is 722 g/mol. The van der Waals surface area contributed by atoms with E-state index in [-0.39, 0.29) is 22.5 Å². The van der Waals surface area contributed by atoms with Crippen molar-refractivity contribution in [3.8, 4) is 5.75 Å². The van der Waals surface area contributed by atoms with E-state index in [1.807, 2.05) is 31.2 Å². The maximum Gasteiger partial charge on any atom is 0.263 e. The number of benzene rings is 2. The van der Waals surface area contributed by atoms with Crippen LogP contribution < -0.4 is 14.4 Å².